The molecule has 0 aromatic heterocycles. The Balaban J connectivity index is 3.50. The predicted octanol–water partition coefficient (Wildman–Crippen LogP) is -1.11. The zero-order chi connectivity index (χ0) is 17.5. The van der Waals surface area contributed by atoms with Crippen LogP contribution in [0.15, 0.2) is 0 Å². The first-order valence-electron chi connectivity index (χ1n) is 8.17. The van der Waals surface area contributed by atoms with Crippen molar-refractivity contribution in [2.45, 2.75) is 50.7 Å². The summed E-state index contributed by atoms with van der Waals surface area (Å²) in [6.45, 7) is 3.06. The Hall–Kier alpha value is -1.22. The SMILES string of the molecule is COC(=O)C(O)C(O)C(=O)NCCCCCNCCCCCN. The van der Waals surface area contributed by atoms with E-state index < -0.39 is 24.1 Å². The van der Waals surface area contributed by atoms with Crippen molar-refractivity contribution in [3.63, 3.8) is 0 Å². The van der Waals surface area contributed by atoms with Crippen LogP contribution in [0, 0.1) is 0 Å². The normalized spacial score (nSPS) is 13.4. The first kappa shape index (κ1) is 21.8. The summed E-state index contributed by atoms with van der Waals surface area (Å²) in [6, 6.07) is 0. The molecule has 23 heavy (non-hydrogen) atoms. The van der Waals surface area contributed by atoms with Gasteiger partial charge in [-0.15, -0.1) is 0 Å². The van der Waals surface area contributed by atoms with E-state index in [2.05, 4.69) is 15.4 Å². The zero-order valence-corrected chi connectivity index (χ0v) is 13.9. The van der Waals surface area contributed by atoms with Crippen molar-refractivity contribution in [2.75, 3.05) is 33.3 Å². The lowest BCUT2D eigenvalue weighted by molar-refractivity contribution is -0.161. The second-order valence-electron chi connectivity index (χ2n) is 5.36. The van der Waals surface area contributed by atoms with E-state index in [9.17, 15) is 19.8 Å². The highest BCUT2D eigenvalue weighted by molar-refractivity contribution is 5.88. The Kier molecular flexibility index (Phi) is 13.6. The topological polar surface area (TPSA) is 134 Å². The molecular weight excluding hydrogens is 302 g/mol. The van der Waals surface area contributed by atoms with Gasteiger partial charge in [0.05, 0.1) is 7.11 Å². The maximum absolute atomic E-state index is 11.5. The highest BCUT2D eigenvalue weighted by Crippen LogP contribution is 1.98. The maximum Gasteiger partial charge on any atom is 0.338 e. The van der Waals surface area contributed by atoms with Gasteiger partial charge in [0.1, 0.15) is 0 Å². The van der Waals surface area contributed by atoms with Crippen LogP contribution < -0.4 is 16.4 Å². The molecular formula is C15H31N3O5. The number of nitrogens with two attached hydrogens (primary N) is 1. The molecule has 136 valence electrons. The molecule has 8 nitrogen and oxygen atoms in total. The first-order valence-corrected chi connectivity index (χ1v) is 8.17. The van der Waals surface area contributed by atoms with Crippen molar-refractivity contribution in [2.24, 2.45) is 5.73 Å². The molecule has 2 unspecified atom stereocenters. The van der Waals surface area contributed by atoms with Crippen molar-refractivity contribution in [3.8, 4) is 0 Å². The van der Waals surface area contributed by atoms with Crippen LogP contribution >= 0.6 is 0 Å². The van der Waals surface area contributed by atoms with E-state index in [1.165, 1.54) is 0 Å². The molecule has 0 heterocycles. The lowest BCUT2D eigenvalue weighted by atomic mass is 10.2. The molecule has 0 saturated heterocycles. The molecule has 0 rings (SSSR count). The summed E-state index contributed by atoms with van der Waals surface area (Å²) in [5.74, 6) is -1.81. The summed E-state index contributed by atoms with van der Waals surface area (Å²) in [5, 5.41) is 24.6. The lowest BCUT2D eigenvalue weighted by Gasteiger charge is -2.15. The Labute approximate surface area is 137 Å². The monoisotopic (exact) mass is 333 g/mol. The van der Waals surface area contributed by atoms with E-state index in [-0.39, 0.29) is 0 Å². The molecule has 0 aromatic carbocycles. The number of unbranched alkanes of at least 4 members (excludes halogenated alkanes) is 4. The van der Waals surface area contributed by atoms with Crippen molar-refractivity contribution in [1.29, 1.82) is 0 Å². The van der Waals surface area contributed by atoms with E-state index in [0.29, 0.717) is 6.54 Å². The third-order valence-corrected chi connectivity index (χ3v) is 3.40. The number of aliphatic hydroxyl groups excluding tert-OH is 2. The van der Waals surface area contributed by atoms with E-state index in [1.54, 1.807) is 0 Å². The Bertz CT molecular complexity index is 328. The summed E-state index contributed by atoms with van der Waals surface area (Å²) >= 11 is 0. The molecule has 0 aliphatic heterocycles. The second-order valence-corrected chi connectivity index (χ2v) is 5.36. The highest BCUT2D eigenvalue weighted by atomic mass is 16.5. The number of esters is 1. The minimum absolute atomic E-state index is 0.389. The van der Waals surface area contributed by atoms with Gasteiger partial charge in [-0.05, 0) is 45.3 Å². The fraction of sp³-hybridized carbons (Fsp3) is 0.867. The Morgan fingerprint density at radius 3 is 2.09 bits per heavy atom. The van der Waals surface area contributed by atoms with Gasteiger partial charge in [-0.3, -0.25) is 4.79 Å². The highest BCUT2D eigenvalue weighted by Gasteiger charge is 2.30. The average molecular weight is 333 g/mol. The van der Waals surface area contributed by atoms with E-state index in [1.807, 2.05) is 0 Å². The number of rotatable bonds is 14. The molecule has 1 amide bonds. The van der Waals surface area contributed by atoms with Crippen LogP contribution in [0.3, 0.4) is 0 Å². The van der Waals surface area contributed by atoms with Gasteiger partial charge in [-0.2, -0.15) is 0 Å². The number of amides is 1. The number of methoxy groups -OCH3 is 1. The van der Waals surface area contributed by atoms with Crippen LogP contribution in [0.25, 0.3) is 0 Å². The van der Waals surface area contributed by atoms with E-state index >= 15 is 0 Å². The zero-order valence-electron chi connectivity index (χ0n) is 13.9. The molecule has 0 aliphatic rings. The average Bonchev–Trinajstić information content (AvgIpc) is 2.57. The van der Waals surface area contributed by atoms with Crippen LogP contribution in [0.5, 0.6) is 0 Å². The van der Waals surface area contributed by atoms with Gasteiger partial charge >= 0.3 is 5.97 Å². The summed E-state index contributed by atoms with van der Waals surface area (Å²) in [6.07, 6.45) is 2.38. The molecule has 0 aliphatic carbocycles. The smallest absolute Gasteiger partial charge is 0.338 e. The fourth-order valence-corrected chi connectivity index (χ4v) is 1.96. The van der Waals surface area contributed by atoms with Crippen LogP contribution in [-0.4, -0.2) is 67.6 Å². The third-order valence-electron chi connectivity index (χ3n) is 3.40. The molecule has 8 heteroatoms. The number of carbonyl (C=O) groups excluding carboxylic acids is 2. The Morgan fingerprint density at radius 2 is 1.52 bits per heavy atom. The first-order chi connectivity index (χ1) is 11.0. The summed E-state index contributed by atoms with van der Waals surface area (Å²) in [7, 11) is 1.07. The van der Waals surface area contributed by atoms with Gasteiger partial charge < -0.3 is 31.3 Å². The molecule has 0 saturated carbocycles. The van der Waals surface area contributed by atoms with E-state index in [0.717, 1.165) is 65.3 Å². The lowest BCUT2D eigenvalue weighted by Crippen LogP contribution is -2.46. The molecule has 0 fully saturated rings. The van der Waals surface area contributed by atoms with E-state index in [4.69, 9.17) is 5.73 Å². The van der Waals surface area contributed by atoms with Crippen LogP contribution in [0.2, 0.25) is 0 Å². The molecule has 0 aromatic rings. The standard InChI is InChI=1S/C15H31N3O5/c1-23-15(22)13(20)12(19)14(21)18-11-7-3-6-10-17-9-5-2-4-8-16/h12-13,17,19-20H,2-11,16H2,1H3,(H,18,21). The largest absolute Gasteiger partial charge is 0.467 e. The number of hydrogen-bond donors (Lipinski definition) is 5. The fourth-order valence-electron chi connectivity index (χ4n) is 1.96. The van der Waals surface area contributed by atoms with Gasteiger partial charge in [0.2, 0.25) is 0 Å². The van der Waals surface area contributed by atoms with Crippen molar-refractivity contribution in [3.05, 3.63) is 0 Å². The van der Waals surface area contributed by atoms with Crippen molar-refractivity contribution in [1.82, 2.24) is 10.6 Å². The van der Waals surface area contributed by atoms with Gasteiger partial charge in [-0.1, -0.05) is 12.8 Å². The summed E-state index contributed by atoms with van der Waals surface area (Å²) in [5.41, 5.74) is 5.41. The number of nitrogens with one attached hydrogen (secondary N) is 2. The number of carbonyl (C=O) groups is 2. The van der Waals surface area contributed by atoms with Crippen molar-refractivity contribution < 1.29 is 24.5 Å². The van der Waals surface area contributed by atoms with Crippen LogP contribution in [0.4, 0.5) is 0 Å². The predicted molar refractivity (Wildman–Crippen MR) is 86.7 cm³/mol. The molecule has 0 radical (unpaired) electrons. The number of hydrogen-bond acceptors (Lipinski definition) is 7. The van der Waals surface area contributed by atoms with Gasteiger partial charge in [0, 0.05) is 6.54 Å². The maximum atomic E-state index is 11.5. The molecule has 0 bridgehead atoms. The summed E-state index contributed by atoms with van der Waals surface area (Å²) in [4.78, 5) is 22.5. The summed E-state index contributed by atoms with van der Waals surface area (Å²) < 4.78 is 4.25. The quantitative estimate of drug-likeness (QED) is 0.201. The van der Waals surface area contributed by atoms with Crippen LogP contribution in [-0.2, 0) is 14.3 Å². The van der Waals surface area contributed by atoms with Crippen LogP contribution in [0.1, 0.15) is 38.5 Å². The second kappa shape index (κ2) is 14.4. The third kappa shape index (κ3) is 11.0. The minimum atomic E-state index is -1.86. The van der Waals surface area contributed by atoms with Gasteiger partial charge in [0.25, 0.3) is 5.91 Å². The molecule has 2 atom stereocenters. The van der Waals surface area contributed by atoms with Gasteiger partial charge in [0.15, 0.2) is 12.2 Å². The number of ether oxygens (including phenoxy) is 1. The molecule has 0 spiro atoms. The van der Waals surface area contributed by atoms with Crippen molar-refractivity contribution >= 4 is 11.9 Å². The number of aliphatic hydroxyl groups is 2. The minimum Gasteiger partial charge on any atom is -0.467 e. The van der Waals surface area contributed by atoms with Gasteiger partial charge in [-0.25, -0.2) is 4.79 Å². The molecule has 6 N–H and O–H groups in total. The Morgan fingerprint density at radius 1 is 0.957 bits per heavy atom.